The Morgan fingerprint density at radius 2 is 0.362 bits per heavy atom. The Bertz CT molecular complexity index is 5060. The highest BCUT2D eigenvalue weighted by atomic mass is 14.2. The molecule has 0 aromatic heterocycles. The normalized spacial score (nSPS) is 12.0. The quantitative estimate of drug-likeness (QED) is 0.154. The molecule has 0 spiro atoms. The van der Waals surface area contributed by atoms with Gasteiger partial charge in [0, 0.05) is 0 Å². The van der Waals surface area contributed by atoms with E-state index in [0.717, 1.165) is 0 Å². The van der Waals surface area contributed by atoms with E-state index < -0.39 is 0 Å². The maximum atomic E-state index is 2.37. The summed E-state index contributed by atoms with van der Waals surface area (Å²) in [7, 11) is 0. The third-order valence-corrected chi connectivity index (χ3v) is 17.6. The number of benzene rings is 18. The van der Waals surface area contributed by atoms with Crippen LogP contribution in [0.5, 0.6) is 0 Å². The van der Waals surface area contributed by atoms with E-state index in [2.05, 4.69) is 291 Å². The van der Waals surface area contributed by atoms with Crippen molar-refractivity contribution in [2.75, 3.05) is 0 Å². The molecule has 0 aliphatic heterocycles. The molecular weight excluding hydrogens is 961 g/mol. The summed E-state index contributed by atoms with van der Waals surface area (Å²) in [5.41, 5.74) is 10.0. The lowest BCUT2D eigenvalue weighted by Gasteiger charge is -2.15. The van der Waals surface area contributed by atoms with E-state index in [-0.39, 0.29) is 0 Å². The van der Waals surface area contributed by atoms with Gasteiger partial charge in [0.15, 0.2) is 0 Å². The fraction of sp³-hybridized carbons (Fsp3) is 0. The number of rotatable bonds is 4. The van der Waals surface area contributed by atoms with Gasteiger partial charge in [-0.25, -0.2) is 0 Å². The molecule has 0 unspecified atom stereocenters. The smallest absolute Gasteiger partial charge is 0.00206 e. The maximum Gasteiger partial charge on any atom is -0.00206 e. The van der Waals surface area contributed by atoms with Crippen molar-refractivity contribution < 1.29 is 0 Å². The summed E-state index contributed by atoms with van der Waals surface area (Å²) < 4.78 is 0. The predicted octanol–water partition coefficient (Wildman–Crippen LogP) is 22.8. The van der Waals surface area contributed by atoms with Gasteiger partial charge in [-0.1, -0.05) is 279 Å². The van der Waals surface area contributed by atoms with Crippen LogP contribution in [0.25, 0.3) is 174 Å². The summed E-state index contributed by atoms with van der Waals surface area (Å²) in [5.74, 6) is 0. The van der Waals surface area contributed by atoms with Crippen molar-refractivity contribution in [2.24, 2.45) is 0 Å². The molecule has 0 heteroatoms. The summed E-state index contributed by atoms with van der Waals surface area (Å²) >= 11 is 0. The molecule has 0 saturated carbocycles. The molecule has 18 rings (SSSR count). The average molecular weight is 1010 g/mol. The molecule has 0 atom stereocenters. The van der Waals surface area contributed by atoms with Crippen molar-refractivity contribution >= 4 is 129 Å². The van der Waals surface area contributed by atoms with Crippen molar-refractivity contribution in [3.05, 3.63) is 291 Å². The first kappa shape index (κ1) is 44.7. The van der Waals surface area contributed by atoms with Gasteiger partial charge in [0.25, 0.3) is 0 Å². The maximum absolute atomic E-state index is 2.37. The van der Waals surface area contributed by atoms with Gasteiger partial charge in [-0.05, 0) is 186 Å². The molecule has 80 heavy (non-hydrogen) atoms. The predicted molar refractivity (Wildman–Crippen MR) is 347 cm³/mol. The second-order valence-corrected chi connectivity index (χ2v) is 21.8. The van der Waals surface area contributed by atoms with Gasteiger partial charge < -0.3 is 0 Å². The second-order valence-electron chi connectivity index (χ2n) is 21.8. The summed E-state index contributed by atoms with van der Waals surface area (Å²) in [4.78, 5) is 0. The molecule has 0 N–H and O–H groups in total. The Balaban J connectivity index is 0.000000129. The van der Waals surface area contributed by atoms with Crippen LogP contribution >= 0.6 is 0 Å². The molecule has 0 fully saturated rings. The molecule has 0 aliphatic carbocycles. The molecule has 0 radical (unpaired) electrons. The van der Waals surface area contributed by atoms with Gasteiger partial charge in [0.05, 0.1) is 0 Å². The van der Waals surface area contributed by atoms with Gasteiger partial charge in [-0.15, -0.1) is 0 Å². The minimum atomic E-state index is 1.23. The highest BCUT2D eigenvalue weighted by molar-refractivity contribution is 6.29. The fourth-order valence-corrected chi connectivity index (χ4v) is 13.8. The topological polar surface area (TPSA) is 0 Å². The van der Waals surface area contributed by atoms with E-state index in [4.69, 9.17) is 0 Å². The largest absolute Gasteiger partial charge is 0.0616 e. The molecule has 0 nitrogen and oxygen atoms in total. The lowest BCUT2D eigenvalue weighted by molar-refractivity contribution is 1.62. The Morgan fingerprint density at radius 1 is 0.125 bits per heavy atom. The summed E-state index contributed by atoms with van der Waals surface area (Å²) in [6, 6.07) is 108. The van der Waals surface area contributed by atoms with E-state index >= 15 is 0 Å². The average Bonchev–Trinajstić information content (AvgIpc) is 3.73. The van der Waals surface area contributed by atoms with E-state index in [1.165, 1.54) is 174 Å². The highest BCUT2D eigenvalue weighted by Crippen LogP contribution is 2.44. The summed E-state index contributed by atoms with van der Waals surface area (Å²) in [6.45, 7) is 0. The molecule has 0 saturated heterocycles. The first-order valence-electron chi connectivity index (χ1n) is 27.9. The monoisotopic (exact) mass is 1010 g/mol. The van der Waals surface area contributed by atoms with Crippen LogP contribution in [0.3, 0.4) is 0 Å². The zero-order valence-electron chi connectivity index (χ0n) is 43.7. The lowest BCUT2D eigenvalue weighted by Crippen LogP contribution is -1.88. The van der Waals surface area contributed by atoms with E-state index in [1.807, 2.05) is 0 Å². The molecule has 0 heterocycles. The minimum absolute atomic E-state index is 1.23. The Hall–Kier alpha value is -10.4. The van der Waals surface area contributed by atoms with Gasteiger partial charge in [0.2, 0.25) is 0 Å². The van der Waals surface area contributed by atoms with Crippen LogP contribution in [0.15, 0.2) is 291 Å². The summed E-state index contributed by atoms with van der Waals surface area (Å²) in [6.07, 6.45) is 0. The standard InChI is InChI=1S/C42H26.C38H22/c1-3-13-35-31(9-1)33-11-5-7-15-37(33)41-25-29(21-23-39(35)41)27-17-19-28(20-18-27)30-22-24-40-36-14-4-2-10-32(36)34-12-6-8-16-38(34)42(40)26-30;1-3-25-11-13-29-15-19-31(33-21-17-27(5-1)35(25)37(29)33)23-7-9-24(10-8-23)32-20-16-30-14-12-26-4-2-6-28-18-22-34(32)38(30)36(26)28/h1-26H;1-22H. The van der Waals surface area contributed by atoms with Gasteiger partial charge in [-0.3, -0.25) is 0 Å². The van der Waals surface area contributed by atoms with Crippen molar-refractivity contribution in [1.29, 1.82) is 0 Å². The van der Waals surface area contributed by atoms with Crippen LogP contribution in [0.4, 0.5) is 0 Å². The summed E-state index contributed by atoms with van der Waals surface area (Å²) in [5, 5.41) is 31.7. The molecule has 0 amide bonds. The van der Waals surface area contributed by atoms with Crippen LogP contribution in [0, 0.1) is 0 Å². The van der Waals surface area contributed by atoms with Crippen molar-refractivity contribution in [3.63, 3.8) is 0 Å². The first-order chi connectivity index (χ1) is 39.7. The zero-order chi connectivity index (χ0) is 52.4. The van der Waals surface area contributed by atoms with Gasteiger partial charge in [0.1, 0.15) is 0 Å². The second kappa shape index (κ2) is 17.6. The molecule has 368 valence electrons. The molecular formula is C80H48. The Labute approximate surface area is 462 Å². The Morgan fingerprint density at radius 3 is 0.700 bits per heavy atom. The van der Waals surface area contributed by atoms with Crippen molar-refractivity contribution in [2.45, 2.75) is 0 Å². The van der Waals surface area contributed by atoms with E-state index in [0.29, 0.717) is 0 Å². The number of hydrogen-bond donors (Lipinski definition) is 0. The van der Waals surface area contributed by atoms with Crippen molar-refractivity contribution in [1.82, 2.24) is 0 Å². The van der Waals surface area contributed by atoms with Crippen LogP contribution in [0.2, 0.25) is 0 Å². The Kier molecular flexibility index (Phi) is 9.81. The minimum Gasteiger partial charge on any atom is -0.0616 e. The van der Waals surface area contributed by atoms with Gasteiger partial charge >= 0.3 is 0 Å². The SMILES string of the molecule is c1cc2ccc3ccc(-c4ccc(-c5ccc6ccc7cccc8ccc5c6c78)cc4)c4ccc(c1)c2c34.c1ccc2c(c1)c1ccccc1c1cc(-c3ccc(-c4ccc5c6ccccc6c6ccccc6c5c4)cc3)ccc21. The lowest BCUT2D eigenvalue weighted by atomic mass is 9.88. The van der Waals surface area contributed by atoms with E-state index in [9.17, 15) is 0 Å². The van der Waals surface area contributed by atoms with Crippen LogP contribution in [0.1, 0.15) is 0 Å². The molecule has 0 bridgehead atoms. The molecule has 0 aliphatic rings. The fourth-order valence-electron chi connectivity index (χ4n) is 13.8. The van der Waals surface area contributed by atoms with Crippen LogP contribution < -0.4 is 0 Å². The number of fused-ring (bicyclic) bond motifs is 12. The molecule has 18 aromatic rings. The third-order valence-electron chi connectivity index (χ3n) is 17.6. The van der Waals surface area contributed by atoms with Crippen LogP contribution in [-0.2, 0) is 0 Å². The van der Waals surface area contributed by atoms with Crippen LogP contribution in [-0.4, -0.2) is 0 Å². The van der Waals surface area contributed by atoms with Crippen molar-refractivity contribution in [3.8, 4) is 44.5 Å². The molecule has 18 aromatic carbocycles. The first-order valence-corrected chi connectivity index (χ1v) is 27.9. The number of hydrogen-bond acceptors (Lipinski definition) is 0. The van der Waals surface area contributed by atoms with E-state index in [1.54, 1.807) is 0 Å². The third kappa shape index (κ3) is 6.83. The zero-order valence-corrected chi connectivity index (χ0v) is 43.7. The van der Waals surface area contributed by atoms with Gasteiger partial charge in [-0.2, -0.15) is 0 Å². The highest BCUT2D eigenvalue weighted by Gasteiger charge is 2.16.